The first-order chi connectivity index (χ1) is 3.84. The summed E-state index contributed by atoms with van der Waals surface area (Å²) < 4.78 is 1.37. The molecular formula is C7H13I. The van der Waals surface area contributed by atoms with E-state index < -0.39 is 0 Å². The van der Waals surface area contributed by atoms with Crippen molar-refractivity contribution in [3.05, 3.63) is 0 Å². The van der Waals surface area contributed by atoms with Crippen molar-refractivity contribution in [3.8, 4) is 0 Å². The standard InChI is InChI=1S/C7H13I/c1-6-3-2-4-7(6)5-8/h6-7H,2-5H2,1H3/t6-,7+/m1/s1. The maximum atomic E-state index is 2.50. The summed E-state index contributed by atoms with van der Waals surface area (Å²) in [5, 5.41) is 0. The predicted molar refractivity (Wildman–Crippen MR) is 45.4 cm³/mol. The molecule has 0 aromatic heterocycles. The molecule has 1 fully saturated rings. The van der Waals surface area contributed by atoms with Crippen LogP contribution in [0.1, 0.15) is 26.2 Å². The summed E-state index contributed by atoms with van der Waals surface area (Å²) in [6, 6.07) is 0. The molecule has 0 spiro atoms. The van der Waals surface area contributed by atoms with Crippen LogP contribution in [0.15, 0.2) is 0 Å². The quantitative estimate of drug-likeness (QED) is 0.474. The molecular weight excluding hydrogens is 211 g/mol. The Morgan fingerprint density at radius 2 is 2.25 bits per heavy atom. The van der Waals surface area contributed by atoms with Gasteiger partial charge in [0.05, 0.1) is 0 Å². The van der Waals surface area contributed by atoms with E-state index in [1.807, 2.05) is 0 Å². The summed E-state index contributed by atoms with van der Waals surface area (Å²) in [6.45, 7) is 2.39. The van der Waals surface area contributed by atoms with Gasteiger partial charge < -0.3 is 0 Å². The van der Waals surface area contributed by atoms with Crippen LogP contribution >= 0.6 is 22.6 Å². The van der Waals surface area contributed by atoms with Gasteiger partial charge in [0.1, 0.15) is 0 Å². The Kier molecular flexibility index (Phi) is 2.60. The SMILES string of the molecule is C[C@@H]1CCC[C@H]1CI. The monoisotopic (exact) mass is 224 g/mol. The topological polar surface area (TPSA) is 0 Å². The second-order valence-electron chi connectivity index (χ2n) is 2.82. The number of hydrogen-bond donors (Lipinski definition) is 0. The molecule has 0 saturated heterocycles. The molecule has 0 radical (unpaired) electrons. The molecule has 0 amide bonds. The van der Waals surface area contributed by atoms with Crippen molar-refractivity contribution in [2.45, 2.75) is 26.2 Å². The fourth-order valence-corrected chi connectivity index (χ4v) is 2.76. The molecule has 1 aliphatic carbocycles. The zero-order valence-corrected chi connectivity index (χ0v) is 7.52. The first-order valence-corrected chi connectivity index (χ1v) is 4.93. The van der Waals surface area contributed by atoms with Crippen molar-refractivity contribution in [2.24, 2.45) is 11.8 Å². The zero-order chi connectivity index (χ0) is 5.98. The van der Waals surface area contributed by atoms with Crippen LogP contribution in [0.25, 0.3) is 0 Å². The molecule has 0 heterocycles. The average molecular weight is 224 g/mol. The maximum absolute atomic E-state index is 2.50. The number of halogens is 1. The molecule has 0 unspecified atom stereocenters. The lowest BCUT2D eigenvalue weighted by Gasteiger charge is -2.09. The van der Waals surface area contributed by atoms with E-state index in [1.54, 1.807) is 0 Å². The van der Waals surface area contributed by atoms with Gasteiger partial charge in [-0.3, -0.25) is 0 Å². The summed E-state index contributed by atoms with van der Waals surface area (Å²) in [4.78, 5) is 0. The largest absolute Gasteiger partial charge is 0.0861 e. The van der Waals surface area contributed by atoms with Crippen LogP contribution in [-0.2, 0) is 0 Å². The molecule has 1 rings (SSSR count). The minimum Gasteiger partial charge on any atom is -0.0861 e. The van der Waals surface area contributed by atoms with Gasteiger partial charge in [0.25, 0.3) is 0 Å². The number of rotatable bonds is 1. The molecule has 1 heteroatoms. The lowest BCUT2D eigenvalue weighted by Crippen LogP contribution is -2.03. The van der Waals surface area contributed by atoms with Gasteiger partial charge in [-0.05, 0) is 18.3 Å². The second kappa shape index (κ2) is 3.04. The van der Waals surface area contributed by atoms with E-state index in [4.69, 9.17) is 0 Å². The van der Waals surface area contributed by atoms with Crippen molar-refractivity contribution in [1.29, 1.82) is 0 Å². The fourth-order valence-electron chi connectivity index (χ4n) is 1.45. The normalized spacial score (nSPS) is 38.2. The highest BCUT2D eigenvalue weighted by molar-refractivity contribution is 14.1. The molecule has 1 aliphatic rings. The Morgan fingerprint density at radius 1 is 1.50 bits per heavy atom. The van der Waals surface area contributed by atoms with Gasteiger partial charge in [-0.2, -0.15) is 0 Å². The third-order valence-corrected chi connectivity index (χ3v) is 3.37. The van der Waals surface area contributed by atoms with Crippen LogP contribution in [0, 0.1) is 11.8 Å². The molecule has 0 aromatic carbocycles. The highest BCUT2D eigenvalue weighted by atomic mass is 127. The van der Waals surface area contributed by atoms with Crippen LogP contribution in [0.5, 0.6) is 0 Å². The van der Waals surface area contributed by atoms with Crippen LogP contribution in [-0.4, -0.2) is 4.43 Å². The van der Waals surface area contributed by atoms with Gasteiger partial charge in [-0.25, -0.2) is 0 Å². The summed E-state index contributed by atoms with van der Waals surface area (Å²) in [6.07, 6.45) is 4.45. The molecule has 0 nitrogen and oxygen atoms in total. The molecule has 1 saturated carbocycles. The van der Waals surface area contributed by atoms with Crippen molar-refractivity contribution in [2.75, 3.05) is 4.43 Å². The highest BCUT2D eigenvalue weighted by Crippen LogP contribution is 2.32. The Hall–Kier alpha value is 0.730. The van der Waals surface area contributed by atoms with Gasteiger partial charge >= 0.3 is 0 Å². The van der Waals surface area contributed by atoms with Gasteiger partial charge in [-0.15, -0.1) is 0 Å². The highest BCUT2D eigenvalue weighted by Gasteiger charge is 2.21. The van der Waals surface area contributed by atoms with Crippen LogP contribution < -0.4 is 0 Å². The molecule has 0 aliphatic heterocycles. The summed E-state index contributed by atoms with van der Waals surface area (Å²) in [5.41, 5.74) is 0. The van der Waals surface area contributed by atoms with E-state index in [-0.39, 0.29) is 0 Å². The average Bonchev–Trinajstić information content (AvgIpc) is 2.14. The van der Waals surface area contributed by atoms with E-state index in [0.717, 1.165) is 11.8 Å². The summed E-state index contributed by atoms with van der Waals surface area (Å²) in [5.74, 6) is 2.07. The van der Waals surface area contributed by atoms with E-state index in [1.165, 1.54) is 23.7 Å². The minimum atomic E-state index is 1.02. The first-order valence-electron chi connectivity index (χ1n) is 3.40. The molecule has 2 atom stereocenters. The van der Waals surface area contributed by atoms with Crippen molar-refractivity contribution >= 4 is 22.6 Å². The second-order valence-corrected chi connectivity index (χ2v) is 3.70. The van der Waals surface area contributed by atoms with Gasteiger partial charge in [0, 0.05) is 4.43 Å². The van der Waals surface area contributed by atoms with Crippen molar-refractivity contribution in [3.63, 3.8) is 0 Å². The Bertz CT molecular complexity index is 70.8. The van der Waals surface area contributed by atoms with Crippen molar-refractivity contribution < 1.29 is 0 Å². The molecule has 0 bridgehead atoms. The van der Waals surface area contributed by atoms with Crippen LogP contribution in [0.2, 0.25) is 0 Å². The zero-order valence-electron chi connectivity index (χ0n) is 5.36. The smallest absolute Gasteiger partial charge is 0.00262 e. The lowest BCUT2D eigenvalue weighted by molar-refractivity contribution is 0.470. The molecule has 8 heavy (non-hydrogen) atoms. The third kappa shape index (κ3) is 1.36. The summed E-state index contributed by atoms with van der Waals surface area (Å²) >= 11 is 2.50. The molecule has 0 aromatic rings. The number of hydrogen-bond acceptors (Lipinski definition) is 0. The molecule has 0 N–H and O–H groups in total. The predicted octanol–water partition coefficient (Wildman–Crippen LogP) is 2.86. The van der Waals surface area contributed by atoms with E-state index in [0.29, 0.717) is 0 Å². The lowest BCUT2D eigenvalue weighted by atomic mass is 10.0. The van der Waals surface area contributed by atoms with E-state index >= 15 is 0 Å². The Morgan fingerprint density at radius 3 is 2.50 bits per heavy atom. The van der Waals surface area contributed by atoms with E-state index in [9.17, 15) is 0 Å². The van der Waals surface area contributed by atoms with Gasteiger partial charge in [0.2, 0.25) is 0 Å². The molecule has 48 valence electrons. The van der Waals surface area contributed by atoms with Crippen molar-refractivity contribution in [1.82, 2.24) is 0 Å². The first kappa shape index (κ1) is 6.84. The number of alkyl halides is 1. The summed E-state index contributed by atoms with van der Waals surface area (Å²) in [7, 11) is 0. The van der Waals surface area contributed by atoms with Crippen LogP contribution in [0.4, 0.5) is 0 Å². The van der Waals surface area contributed by atoms with Gasteiger partial charge in [0.15, 0.2) is 0 Å². The Balaban J connectivity index is 2.30. The fraction of sp³-hybridized carbons (Fsp3) is 1.00. The minimum absolute atomic E-state index is 1.02. The Labute approximate surface area is 65.2 Å². The van der Waals surface area contributed by atoms with Crippen LogP contribution in [0.3, 0.4) is 0 Å². The third-order valence-electron chi connectivity index (χ3n) is 2.24. The maximum Gasteiger partial charge on any atom is 0.00262 e. The van der Waals surface area contributed by atoms with E-state index in [2.05, 4.69) is 29.5 Å². The van der Waals surface area contributed by atoms with Gasteiger partial charge in [-0.1, -0.05) is 42.4 Å².